The van der Waals surface area contributed by atoms with E-state index in [1.54, 1.807) is 0 Å². The zero-order valence-electron chi connectivity index (χ0n) is 14.4. The number of carbonyl (C=O) groups excluding carboxylic acids is 2. The number of imide groups is 1. The van der Waals surface area contributed by atoms with Crippen LogP contribution in [0.3, 0.4) is 0 Å². The molecule has 0 spiro atoms. The quantitative estimate of drug-likeness (QED) is 0.498. The van der Waals surface area contributed by atoms with Gasteiger partial charge in [0.15, 0.2) is 0 Å². The molecule has 24 heavy (non-hydrogen) atoms. The molecule has 0 aromatic heterocycles. The van der Waals surface area contributed by atoms with Crippen molar-refractivity contribution in [3.63, 3.8) is 0 Å². The fraction of sp³-hybridized carbons (Fsp3) is 0.429. The molecule has 0 bridgehead atoms. The minimum absolute atomic E-state index is 0.196. The Bertz CT molecular complexity index is 695. The number of carbonyl (C=O) groups is 2. The first kappa shape index (κ1) is 16.7. The lowest BCUT2D eigenvalue weighted by Gasteiger charge is -2.25. The molecule has 1 aliphatic heterocycles. The van der Waals surface area contributed by atoms with Crippen LogP contribution in [0.2, 0.25) is 0 Å². The summed E-state index contributed by atoms with van der Waals surface area (Å²) in [5.74, 6) is -0.453. The maximum absolute atomic E-state index is 12.3. The maximum Gasteiger partial charge on any atom is 0.258 e. The summed E-state index contributed by atoms with van der Waals surface area (Å²) in [6, 6.07) is 8.43. The monoisotopic (exact) mass is 323 g/mol. The van der Waals surface area contributed by atoms with Crippen LogP contribution in [0.1, 0.15) is 63.0 Å². The normalized spacial score (nSPS) is 19.5. The lowest BCUT2D eigenvalue weighted by molar-refractivity contribution is -0.127. The van der Waals surface area contributed by atoms with Crippen molar-refractivity contribution in [2.75, 3.05) is 0 Å². The topological polar surface area (TPSA) is 46.2 Å². The lowest BCUT2D eigenvalue weighted by atomic mass is 9.83. The Morgan fingerprint density at radius 2 is 1.67 bits per heavy atom. The molecule has 1 aromatic carbocycles. The van der Waals surface area contributed by atoms with Gasteiger partial charge in [-0.2, -0.15) is 0 Å². The highest BCUT2D eigenvalue weighted by Crippen LogP contribution is 2.33. The van der Waals surface area contributed by atoms with Crippen molar-refractivity contribution in [1.29, 1.82) is 0 Å². The van der Waals surface area contributed by atoms with Gasteiger partial charge in [0.2, 0.25) is 0 Å². The van der Waals surface area contributed by atoms with E-state index >= 15 is 0 Å². The number of amides is 2. The fourth-order valence-corrected chi connectivity index (χ4v) is 3.52. The van der Waals surface area contributed by atoms with Gasteiger partial charge in [0.25, 0.3) is 11.8 Å². The summed E-state index contributed by atoms with van der Waals surface area (Å²) in [5, 5.41) is 2.49. The second-order valence-corrected chi connectivity index (χ2v) is 6.70. The lowest BCUT2D eigenvalue weighted by Crippen LogP contribution is -2.39. The van der Waals surface area contributed by atoms with Gasteiger partial charge >= 0.3 is 0 Å². The predicted molar refractivity (Wildman–Crippen MR) is 96.3 cm³/mol. The third-order valence-electron chi connectivity index (χ3n) is 4.90. The minimum atomic E-state index is -0.257. The van der Waals surface area contributed by atoms with E-state index < -0.39 is 0 Å². The second kappa shape index (κ2) is 7.61. The summed E-state index contributed by atoms with van der Waals surface area (Å²) in [7, 11) is 0. The van der Waals surface area contributed by atoms with E-state index in [-0.39, 0.29) is 11.8 Å². The first-order chi connectivity index (χ1) is 11.7. The van der Waals surface area contributed by atoms with E-state index in [0.29, 0.717) is 5.57 Å². The summed E-state index contributed by atoms with van der Waals surface area (Å²) in [4.78, 5) is 24.3. The number of aryl methyl sites for hydroxylation is 1. The third-order valence-corrected chi connectivity index (χ3v) is 4.90. The number of rotatable bonds is 5. The molecule has 1 aliphatic carbocycles. The van der Waals surface area contributed by atoms with Gasteiger partial charge in [-0.3, -0.25) is 14.9 Å². The number of unbranched alkanes of at least 4 members (excludes halogenated alkanes) is 2. The van der Waals surface area contributed by atoms with Gasteiger partial charge in [-0.1, -0.05) is 44.0 Å². The molecule has 126 valence electrons. The zero-order valence-corrected chi connectivity index (χ0v) is 14.4. The van der Waals surface area contributed by atoms with Crippen molar-refractivity contribution in [2.45, 2.75) is 58.3 Å². The van der Waals surface area contributed by atoms with Gasteiger partial charge in [-0.25, -0.2) is 0 Å². The van der Waals surface area contributed by atoms with Crippen molar-refractivity contribution in [2.24, 2.45) is 0 Å². The van der Waals surface area contributed by atoms with Gasteiger partial charge in [0.1, 0.15) is 0 Å². The minimum Gasteiger partial charge on any atom is -0.288 e. The molecule has 2 aliphatic rings. The van der Waals surface area contributed by atoms with Gasteiger partial charge in [-0.15, -0.1) is 0 Å². The highest BCUT2D eigenvalue weighted by Gasteiger charge is 2.30. The molecular formula is C21H25NO2. The number of hydrogen-bond donors (Lipinski definition) is 1. The van der Waals surface area contributed by atoms with Gasteiger partial charge < -0.3 is 0 Å². The van der Waals surface area contributed by atoms with Crippen molar-refractivity contribution >= 4 is 17.9 Å². The van der Waals surface area contributed by atoms with Crippen molar-refractivity contribution < 1.29 is 9.59 Å². The van der Waals surface area contributed by atoms with Gasteiger partial charge in [-0.05, 0) is 61.3 Å². The summed E-state index contributed by atoms with van der Waals surface area (Å²) < 4.78 is 0. The van der Waals surface area contributed by atoms with Gasteiger partial charge in [0.05, 0.1) is 0 Å². The molecule has 2 amide bonds. The summed E-state index contributed by atoms with van der Waals surface area (Å²) in [6.45, 7) is 2.21. The van der Waals surface area contributed by atoms with Crippen LogP contribution >= 0.6 is 0 Å². The molecule has 0 saturated heterocycles. The Morgan fingerprint density at radius 3 is 2.38 bits per heavy atom. The molecule has 3 nitrogen and oxygen atoms in total. The van der Waals surface area contributed by atoms with E-state index in [4.69, 9.17) is 0 Å². The first-order valence-electron chi connectivity index (χ1n) is 9.07. The Kier molecular flexibility index (Phi) is 5.29. The van der Waals surface area contributed by atoms with E-state index in [9.17, 15) is 9.59 Å². The fourth-order valence-electron chi connectivity index (χ4n) is 3.52. The molecule has 0 atom stereocenters. The molecule has 0 saturated carbocycles. The van der Waals surface area contributed by atoms with E-state index in [1.165, 1.54) is 24.8 Å². The van der Waals surface area contributed by atoms with Crippen LogP contribution in [0.5, 0.6) is 0 Å². The molecule has 3 heteroatoms. The van der Waals surface area contributed by atoms with Crippen LogP contribution in [0.25, 0.3) is 6.08 Å². The standard InChI is InChI=1S/C21H25NO2/c1-2-3-4-7-15-10-12-16(13-11-15)14-19-17-8-5-6-9-18(17)20(23)22-21(19)24/h10-14H,2-9H2,1H3,(H,22,23,24)/b19-14-. The molecular weight excluding hydrogens is 298 g/mol. The van der Waals surface area contributed by atoms with Crippen LogP contribution in [0.4, 0.5) is 0 Å². The van der Waals surface area contributed by atoms with E-state index in [2.05, 4.69) is 36.5 Å². The third kappa shape index (κ3) is 3.66. The zero-order chi connectivity index (χ0) is 16.9. The molecule has 0 fully saturated rings. The smallest absolute Gasteiger partial charge is 0.258 e. The van der Waals surface area contributed by atoms with E-state index in [1.807, 2.05) is 6.08 Å². The van der Waals surface area contributed by atoms with Crippen molar-refractivity contribution in [1.82, 2.24) is 5.32 Å². The molecule has 1 N–H and O–H groups in total. The SMILES string of the molecule is CCCCCc1ccc(/C=C2\C(=O)NC(=O)C3=C2CCCC3)cc1. The number of nitrogens with one attached hydrogen (secondary N) is 1. The average molecular weight is 323 g/mol. The van der Waals surface area contributed by atoms with Crippen LogP contribution in [-0.2, 0) is 16.0 Å². The predicted octanol–water partition coefficient (Wildman–Crippen LogP) is 4.33. The van der Waals surface area contributed by atoms with Crippen molar-refractivity contribution in [3.05, 3.63) is 52.1 Å². The largest absolute Gasteiger partial charge is 0.288 e. The summed E-state index contributed by atoms with van der Waals surface area (Å²) in [5.41, 5.74) is 4.80. The Hall–Kier alpha value is -2.16. The number of benzene rings is 1. The van der Waals surface area contributed by atoms with Gasteiger partial charge in [0, 0.05) is 11.1 Å². The highest BCUT2D eigenvalue weighted by atomic mass is 16.2. The Morgan fingerprint density at radius 1 is 0.958 bits per heavy atom. The van der Waals surface area contributed by atoms with Crippen molar-refractivity contribution in [3.8, 4) is 0 Å². The summed E-state index contributed by atoms with van der Waals surface area (Å²) in [6.07, 6.45) is 10.4. The first-order valence-corrected chi connectivity index (χ1v) is 9.07. The molecule has 1 aromatic rings. The van der Waals surface area contributed by atoms with Crippen LogP contribution < -0.4 is 5.32 Å². The Balaban J connectivity index is 1.82. The second-order valence-electron chi connectivity index (χ2n) is 6.70. The molecule has 0 unspecified atom stereocenters. The van der Waals surface area contributed by atoms with E-state index in [0.717, 1.165) is 48.8 Å². The van der Waals surface area contributed by atoms with Crippen LogP contribution in [0.15, 0.2) is 41.0 Å². The average Bonchev–Trinajstić information content (AvgIpc) is 2.60. The molecule has 3 rings (SSSR count). The number of hydrogen-bond acceptors (Lipinski definition) is 2. The molecule has 0 radical (unpaired) electrons. The Labute approximate surface area is 143 Å². The maximum atomic E-state index is 12.3. The summed E-state index contributed by atoms with van der Waals surface area (Å²) >= 11 is 0. The highest BCUT2D eigenvalue weighted by molar-refractivity contribution is 6.18. The van der Waals surface area contributed by atoms with Crippen LogP contribution in [-0.4, -0.2) is 11.8 Å². The molecule has 1 heterocycles. The van der Waals surface area contributed by atoms with Crippen LogP contribution in [0, 0.1) is 0 Å².